The fraction of sp³-hybridized carbons (Fsp3) is 0.235. The highest BCUT2D eigenvalue weighted by Crippen LogP contribution is 2.19. The van der Waals surface area contributed by atoms with Gasteiger partial charge in [0.15, 0.2) is 0 Å². The standard InChI is InChI=1S/C17H18N6O3/c1-11-14(12(2)22(19-11)13-7-5-4-6-8-13)9-18-17(24)16-15(23(25)26)10-21(3)20-16/h4-8,10H,9H2,1-3H3,(H,18,24). The highest BCUT2D eigenvalue weighted by Gasteiger charge is 2.25. The molecule has 0 unspecified atom stereocenters. The lowest BCUT2D eigenvalue weighted by Gasteiger charge is -2.06. The average Bonchev–Trinajstić information content (AvgIpc) is 3.14. The van der Waals surface area contributed by atoms with E-state index in [1.165, 1.54) is 17.9 Å². The molecule has 1 N–H and O–H groups in total. The van der Waals surface area contributed by atoms with Crippen molar-refractivity contribution in [3.63, 3.8) is 0 Å². The number of carbonyl (C=O) groups is 1. The van der Waals surface area contributed by atoms with Crippen LogP contribution in [0.15, 0.2) is 36.5 Å². The van der Waals surface area contributed by atoms with E-state index in [1.54, 1.807) is 4.68 Å². The van der Waals surface area contributed by atoms with E-state index in [4.69, 9.17) is 0 Å². The number of nitrogens with one attached hydrogen (secondary N) is 1. The first-order chi connectivity index (χ1) is 12.4. The Morgan fingerprint density at radius 3 is 2.58 bits per heavy atom. The molecule has 0 saturated carbocycles. The molecule has 26 heavy (non-hydrogen) atoms. The van der Waals surface area contributed by atoms with Gasteiger partial charge in [0.05, 0.1) is 16.3 Å². The van der Waals surface area contributed by atoms with Crippen molar-refractivity contribution < 1.29 is 9.72 Å². The number of para-hydroxylation sites is 1. The number of carbonyl (C=O) groups excluding carboxylic acids is 1. The van der Waals surface area contributed by atoms with E-state index in [0.717, 1.165) is 22.6 Å². The van der Waals surface area contributed by atoms with Crippen LogP contribution in [0.1, 0.15) is 27.4 Å². The molecule has 1 amide bonds. The highest BCUT2D eigenvalue weighted by molar-refractivity contribution is 5.96. The monoisotopic (exact) mass is 354 g/mol. The predicted octanol–water partition coefficient (Wildman–Crippen LogP) is 2.06. The summed E-state index contributed by atoms with van der Waals surface area (Å²) < 4.78 is 3.05. The third-order valence-electron chi connectivity index (χ3n) is 4.09. The molecule has 9 nitrogen and oxygen atoms in total. The number of amides is 1. The van der Waals surface area contributed by atoms with Crippen molar-refractivity contribution in [2.45, 2.75) is 20.4 Å². The first-order valence-corrected chi connectivity index (χ1v) is 7.95. The Kier molecular flexibility index (Phi) is 4.53. The molecule has 0 aliphatic carbocycles. The summed E-state index contributed by atoms with van der Waals surface area (Å²) in [5, 5.41) is 22.1. The summed E-state index contributed by atoms with van der Waals surface area (Å²) in [5.41, 5.74) is 2.93. The van der Waals surface area contributed by atoms with Crippen LogP contribution in [0.25, 0.3) is 5.69 Å². The Balaban J connectivity index is 1.82. The van der Waals surface area contributed by atoms with Gasteiger partial charge in [-0.1, -0.05) is 18.2 Å². The maximum Gasteiger partial charge on any atom is 0.320 e. The minimum absolute atomic E-state index is 0.205. The Morgan fingerprint density at radius 2 is 1.92 bits per heavy atom. The molecule has 2 aromatic heterocycles. The molecule has 0 bridgehead atoms. The van der Waals surface area contributed by atoms with Crippen molar-refractivity contribution in [3.05, 3.63) is 69.3 Å². The summed E-state index contributed by atoms with van der Waals surface area (Å²) in [6.45, 7) is 3.98. The van der Waals surface area contributed by atoms with E-state index in [-0.39, 0.29) is 17.9 Å². The van der Waals surface area contributed by atoms with Crippen molar-refractivity contribution in [2.24, 2.45) is 7.05 Å². The lowest BCUT2D eigenvalue weighted by molar-refractivity contribution is -0.385. The van der Waals surface area contributed by atoms with E-state index < -0.39 is 10.8 Å². The predicted molar refractivity (Wildman–Crippen MR) is 94.1 cm³/mol. The lowest BCUT2D eigenvalue weighted by Crippen LogP contribution is -2.24. The molecule has 0 atom stereocenters. The molecular weight excluding hydrogens is 336 g/mol. The molecule has 9 heteroatoms. The number of hydrogen-bond donors (Lipinski definition) is 1. The van der Waals surface area contributed by atoms with Crippen LogP contribution in [-0.2, 0) is 13.6 Å². The molecule has 2 heterocycles. The number of nitrogens with zero attached hydrogens (tertiary/aromatic N) is 5. The van der Waals surface area contributed by atoms with Crippen LogP contribution < -0.4 is 5.32 Å². The number of nitro groups is 1. The molecular formula is C17H18N6O3. The van der Waals surface area contributed by atoms with E-state index in [1.807, 2.05) is 44.2 Å². The molecule has 134 valence electrons. The number of aromatic nitrogens is 4. The largest absolute Gasteiger partial charge is 0.346 e. The van der Waals surface area contributed by atoms with E-state index in [2.05, 4.69) is 15.5 Å². The summed E-state index contributed by atoms with van der Waals surface area (Å²) in [6, 6.07) is 9.66. The summed E-state index contributed by atoms with van der Waals surface area (Å²) in [5.74, 6) is -0.594. The second-order valence-corrected chi connectivity index (χ2v) is 5.87. The van der Waals surface area contributed by atoms with Crippen LogP contribution in [0.5, 0.6) is 0 Å². The minimum Gasteiger partial charge on any atom is -0.346 e. The smallest absolute Gasteiger partial charge is 0.320 e. The molecule has 0 spiro atoms. The first-order valence-electron chi connectivity index (χ1n) is 7.95. The molecule has 0 aliphatic heterocycles. The van der Waals surface area contributed by atoms with Gasteiger partial charge >= 0.3 is 5.69 Å². The zero-order valence-corrected chi connectivity index (χ0v) is 14.6. The van der Waals surface area contributed by atoms with Gasteiger partial charge in [-0.15, -0.1) is 0 Å². The van der Waals surface area contributed by atoms with Crippen LogP contribution in [0.3, 0.4) is 0 Å². The van der Waals surface area contributed by atoms with Crippen molar-refractivity contribution in [2.75, 3.05) is 0 Å². The Morgan fingerprint density at radius 1 is 1.23 bits per heavy atom. The Bertz CT molecular complexity index is 974. The zero-order chi connectivity index (χ0) is 18.8. The maximum atomic E-state index is 12.3. The number of benzene rings is 1. The lowest BCUT2D eigenvalue weighted by atomic mass is 10.2. The quantitative estimate of drug-likeness (QED) is 0.557. The van der Waals surface area contributed by atoms with Crippen LogP contribution in [0.4, 0.5) is 5.69 Å². The highest BCUT2D eigenvalue weighted by atomic mass is 16.6. The SMILES string of the molecule is Cc1nn(-c2ccccc2)c(C)c1CNC(=O)c1nn(C)cc1[N+](=O)[O-]. The molecule has 0 radical (unpaired) electrons. The van der Waals surface area contributed by atoms with Gasteiger partial charge in [0, 0.05) is 24.8 Å². The summed E-state index contributed by atoms with van der Waals surface area (Å²) in [4.78, 5) is 22.8. The fourth-order valence-corrected chi connectivity index (χ4v) is 2.78. The number of aryl methyl sites for hydroxylation is 2. The van der Waals surface area contributed by atoms with Gasteiger partial charge in [0.25, 0.3) is 5.91 Å². The van der Waals surface area contributed by atoms with Crippen LogP contribution in [0, 0.1) is 24.0 Å². The average molecular weight is 354 g/mol. The van der Waals surface area contributed by atoms with Gasteiger partial charge in [-0.3, -0.25) is 19.6 Å². The van der Waals surface area contributed by atoms with Crippen molar-refractivity contribution in [3.8, 4) is 5.69 Å². The Labute approximate surface area is 149 Å². The van der Waals surface area contributed by atoms with E-state index in [9.17, 15) is 14.9 Å². The zero-order valence-electron chi connectivity index (χ0n) is 14.6. The number of hydrogen-bond acceptors (Lipinski definition) is 5. The van der Waals surface area contributed by atoms with Crippen LogP contribution in [0.2, 0.25) is 0 Å². The summed E-state index contributed by atoms with van der Waals surface area (Å²) >= 11 is 0. The maximum absolute atomic E-state index is 12.3. The van der Waals surface area contributed by atoms with Gasteiger partial charge in [0.2, 0.25) is 5.69 Å². The van der Waals surface area contributed by atoms with Gasteiger partial charge in [-0.05, 0) is 26.0 Å². The van der Waals surface area contributed by atoms with Gasteiger partial charge in [0.1, 0.15) is 6.20 Å². The topological polar surface area (TPSA) is 108 Å². The third-order valence-corrected chi connectivity index (χ3v) is 4.09. The van der Waals surface area contributed by atoms with Gasteiger partial charge in [-0.25, -0.2) is 4.68 Å². The van der Waals surface area contributed by atoms with Gasteiger partial charge < -0.3 is 5.32 Å². The van der Waals surface area contributed by atoms with Crippen LogP contribution >= 0.6 is 0 Å². The van der Waals surface area contributed by atoms with E-state index >= 15 is 0 Å². The van der Waals surface area contributed by atoms with Crippen molar-refractivity contribution in [1.29, 1.82) is 0 Å². The first kappa shape index (κ1) is 17.3. The molecule has 3 aromatic rings. The van der Waals surface area contributed by atoms with E-state index in [0.29, 0.717) is 0 Å². The molecule has 3 rings (SSSR count). The second-order valence-electron chi connectivity index (χ2n) is 5.87. The summed E-state index contributed by atoms with van der Waals surface area (Å²) in [6.07, 6.45) is 1.21. The Hall–Kier alpha value is -3.49. The minimum atomic E-state index is -0.619. The van der Waals surface area contributed by atoms with Crippen molar-refractivity contribution in [1.82, 2.24) is 24.9 Å². The molecule has 1 aromatic carbocycles. The van der Waals surface area contributed by atoms with Crippen LogP contribution in [-0.4, -0.2) is 30.4 Å². The van der Waals surface area contributed by atoms with Crippen molar-refractivity contribution >= 4 is 11.6 Å². The molecule has 0 fully saturated rings. The number of rotatable bonds is 5. The normalized spacial score (nSPS) is 10.7. The second kappa shape index (κ2) is 6.79. The molecule has 0 saturated heterocycles. The van der Waals surface area contributed by atoms with Gasteiger partial charge in [-0.2, -0.15) is 10.2 Å². The fourth-order valence-electron chi connectivity index (χ4n) is 2.78. The summed E-state index contributed by atoms with van der Waals surface area (Å²) in [7, 11) is 1.53. The molecule has 0 aliphatic rings. The third kappa shape index (κ3) is 3.18.